The van der Waals surface area contributed by atoms with E-state index in [-0.39, 0.29) is 28.2 Å². The number of carbonyl (C=O) groups excluding carboxylic acids is 2. The van der Waals surface area contributed by atoms with Crippen molar-refractivity contribution in [3.05, 3.63) is 58.1 Å². The molecule has 2 rings (SSSR count). The summed E-state index contributed by atoms with van der Waals surface area (Å²) in [5, 5.41) is 3.05. The number of unbranched alkanes of at least 4 members (excludes halogenated alkanes) is 1. The van der Waals surface area contributed by atoms with E-state index in [4.69, 9.17) is 27.9 Å². The lowest BCUT2D eigenvalue weighted by atomic mass is 10.1. The number of sulfonamides is 1. The standard InChI is InChI=1S/C25H33Cl2N3O5S/c1-5-7-14-28-25(32)21(6-2)29(16-18-10-8-11-19(15-18)35-3)23(31)17-30(36(4,33)34)22-13-9-12-20(26)24(22)27/h8-13,15,21H,5-7,14,16-17H2,1-4H3,(H,28,32)/t21-/m1/s1. The fraction of sp³-hybridized carbons (Fsp3) is 0.440. The van der Waals surface area contributed by atoms with E-state index >= 15 is 0 Å². The highest BCUT2D eigenvalue weighted by Crippen LogP contribution is 2.33. The van der Waals surface area contributed by atoms with E-state index in [9.17, 15) is 18.0 Å². The molecule has 0 aliphatic carbocycles. The van der Waals surface area contributed by atoms with Crippen LogP contribution in [0.25, 0.3) is 0 Å². The number of methoxy groups -OCH3 is 1. The van der Waals surface area contributed by atoms with Crippen molar-refractivity contribution in [2.45, 2.75) is 45.7 Å². The number of halogens is 2. The van der Waals surface area contributed by atoms with E-state index in [0.717, 1.165) is 29.0 Å². The van der Waals surface area contributed by atoms with Gasteiger partial charge in [-0.3, -0.25) is 13.9 Å². The van der Waals surface area contributed by atoms with Crippen LogP contribution in [0, 0.1) is 0 Å². The molecular weight excluding hydrogens is 525 g/mol. The first-order chi connectivity index (χ1) is 17.0. The SMILES string of the molecule is CCCCNC(=O)[C@@H](CC)N(Cc1cccc(OC)c1)C(=O)CN(c1cccc(Cl)c1Cl)S(C)(=O)=O. The van der Waals surface area contributed by atoms with Gasteiger partial charge in [0.15, 0.2) is 0 Å². The molecule has 0 radical (unpaired) electrons. The predicted molar refractivity (Wildman–Crippen MR) is 144 cm³/mol. The van der Waals surface area contributed by atoms with Crippen molar-refractivity contribution >= 4 is 50.7 Å². The molecule has 0 unspecified atom stereocenters. The van der Waals surface area contributed by atoms with E-state index in [1.54, 1.807) is 31.2 Å². The molecule has 0 aromatic heterocycles. The second-order valence-electron chi connectivity index (χ2n) is 8.28. The van der Waals surface area contributed by atoms with Crippen LogP contribution in [0.2, 0.25) is 10.0 Å². The van der Waals surface area contributed by atoms with Gasteiger partial charge in [0, 0.05) is 13.1 Å². The van der Waals surface area contributed by atoms with Gasteiger partial charge in [-0.25, -0.2) is 8.42 Å². The molecule has 0 bridgehead atoms. The van der Waals surface area contributed by atoms with Crippen molar-refractivity contribution in [2.24, 2.45) is 0 Å². The summed E-state index contributed by atoms with van der Waals surface area (Å²) in [6.07, 6.45) is 3.04. The summed E-state index contributed by atoms with van der Waals surface area (Å²) in [5.41, 5.74) is 0.816. The Kier molecular flexibility index (Phi) is 11.3. The van der Waals surface area contributed by atoms with Gasteiger partial charge in [-0.15, -0.1) is 0 Å². The average molecular weight is 559 g/mol. The van der Waals surface area contributed by atoms with Gasteiger partial charge in [0.05, 0.1) is 29.1 Å². The van der Waals surface area contributed by atoms with E-state index in [0.29, 0.717) is 18.7 Å². The maximum atomic E-state index is 13.7. The van der Waals surface area contributed by atoms with E-state index in [1.807, 2.05) is 13.0 Å². The number of anilines is 1. The lowest BCUT2D eigenvalue weighted by molar-refractivity contribution is -0.140. The molecule has 0 fully saturated rings. The van der Waals surface area contributed by atoms with E-state index < -0.39 is 28.5 Å². The van der Waals surface area contributed by atoms with Gasteiger partial charge in [0.1, 0.15) is 18.3 Å². The molecular formula is C25H33Cl2N3O5S. The maximum absolute atomic E-state index is 13.7. The first kappa shape index (κ1) is 29.7. The third-order valence-corrected chi connectivity index (χ3v) is 7.52. The Bertz CT molecular complexity index is 1160. The van der Waals surface area contributed by atoms with E-state index in [1.165, 1.54) is 24.1 Å². The van der Waals surface area contributed by atoms with Crippen LogP contribution in [-0.4, -0.2) is 57.6 Å². The molecule has 0 aliphatic rings. The molecule has 2 aromatic carbocycles. The minimum absolute atomic E-state index is 0.0149. The van der Waals surface area contributed by atoms with Gasteiger partial charge in [-0.1, -0.05) is 61.7 Å². The zero-order valence-electron chi connectivity index (χ0n) is 21.0. The predicted octanol–water partition coefficient (Wildman–Crippen LogP) is 4.49. The molecule has 0 aliphatic heterocycles. The van der Waals surface area contributed by atoms with Crippen molar-refractivity contribution in [2.75, 3.05) is 30.8 Å². The normalized spacial score (nSPS) is 12.1. The Morgan fingerprint density at radius 3 is 2.42 bits per heavy atom. The summed E-state index contributed by atoms with van der Waals surface area (Å²) >= 11 is 12.4. The van der Waals surface area contributed by atoms with Gasteiger partial charge in [0.2, 0.25) is 21.8 Å². The van der Waals surface area contributed by atoms with Gasteiger partial charge in [0.25, 0.3) is 0 Å². The number of ether oxygens (including phenoxy) is 1. The number of nitrogens with one attached hydrogen (secondary N) is 1. The van der Waals surface area contributed by atoms with Crippen molar-refractivity contribution in [3.63, 3.8) is 0 Å². The summed E-state index contributed by atoms with van der Waals surface area (Å²) in [6, 6.07) is 10.9. The van der Waals surface area contributed by atoms with Crippen LogP contribution in [0.3, 0.4) is 0 Å². The topological polar surface area (TPSA) is 96.0 Å². The summed E-state index contributed by atoms with van der Waals surface area (Å²) in [7, 11) is -2.38. The second-order valence-corrected chi connectivity index (χ2v) is 11.0. The van der Waals surface area contributed by atoms with Crippen molar-refractivity contribution in [1.29, 1.82) is 0 Å². The Balaban J connectivity index is 2.46. The molecule has 198 valence electrons. The third-order valence-electron chi connectivity index (χ3n) is 5.58. The molecule has 1 N–H and O–H groups in total. The number of hydrogen-bond donors (Lipinski definition) is 1. The molecule has 0 saturated heterocycles. The first-order valence-electron chi connectivity index (χ1n) is 11.6. The molecule has 0 spiro atoms. The molecule has 0 saturated carbocycles. The van der Waals surface area contributed by atoms with Gasteiger partial charge in [-0.05, 0) is 42.7 Å². The average Bonchev–Trinajstić information content (AvgIpc) is 2.83. The highest BCUT2D eigenvalue weighted by molar-refractivity contribution is 7.92. The highest BCUT2D eigenvalue weighted by Gasteiger charge is 2.32. The smallest absolute Gasteiger partial charge is 0.244 e. The summed E-state index contributed by atoms with van der Waals surface area (Å²) in [5.74, 6) is -0.255. The van der Waals surface area contributed by atoms with Crippen LogP contribution in [0.4, 0.5) is 5.69 Å². The van der Waals surface area contributed by atoms with Crippen LogP contribution in [0.1, 0.15) is 38.7 Å². The molecule has 1 atom stereocenters. The van der Waals surface area contributed by atoms with Crippen LogP contribution >= 0.6 is 23.2 Å². The zero-order valence-corrected chi connectivity index (χ0v) is 23.3. The molecule has 8 nitrogen and oxygen atoms in total. The molecule has 2 aromatic rings. The minimum Gasteiger partial charge on any atom is -0.497 e. The summed E-state index contributed by atoms with van der Waals surface area (Å²) in [4.78, 5) is 28.2. The van der Waals surface area contributed by atoms with Gasteiger partial charge in [-0.2, -0.15) is 0 Å². The molecule has 36 heavy (non-hydrogen) atoms. The second kappa shape index (κ2) is 13.7. The Labute approximate surface area is 223 Å². The number of rotatable bonds is 13. The number of nitrogens with zero attached hydrogens (tertiary/aromatic N) is 2. The molecule has 2 amide bonds. The third kappa shape index (κ3) is 8.01. The van der Waals surface area contributed by atoms with Crippen molar-refractivity contribution in [1.82, 2.24) is 10.2 Å². The lowest BCUT2D eigenvalue weighted by Gasteiger charge is -2.33. The number of amides is 2. The number of carbonyl (C=O) groups is 2. The van der Waals surface area contributed by atoms with Crippen molar-refractivity contribution in [3.8, 4) is 5.75 Å². The molecule has 11 heteroatoms. The molecule has 0 heterocycles. The van der Waals surface area contributed by atoms with Gasteiger partial charge < -0.3 is 15.0 Å². The summed E-state index contributed by atoms with van der Waals surface area (Å²) < 4.78 is 31.6. The van der Waals surface area contributed by atoms with Gasteiger partial charge >= 0.3 is 0 Å². The van der Waals surface area contributed by atoms with Crippen LogP contribution in [0.15, 0.2) is 42.5 Å². The first-order valence-corrected chi connectivity index (χ1v) is 14.3. The van der Waals surface area contributed by atoms with Crippen LogP contribution in [0.5, 0.6) is 5.75 Å². The Morgan fingerprint density at radius 2 is 1.81 bits per heavy atom. The summed E-state index contributed by atoms with van der Waals surface area (Å²) in [6.45, 7) is 3.83. The Morgan fingerprint density at radius 1 is 1.11 bits per heavy atom. The maximum Gasteiger partial charge on any atom is 0.244 e. The quantitative estimate of drug-likeness (QED) is 0.366. The largest absolute Gasteiger partial charge is 0.497 e. The zero-order chi connectivity index (χ0) is 26.9. The van der Waals surface area contributed by atoms with Crippen LogP contribution in [-0.2, 0) is 26.2 Å². The fourth-order valence-corrected chi connectivity index (χ4v) is 4.98. The highest BCUT2D eigenvalue weighted by atomic mass is 35.5. The monoisotopic (exact) mass is 557 g/mol. The number of hydrogen-bond acceptors (Lipinski definition) is 5. The Hall–Kier alpha value is -2.49. The minimum atomic E-state index is -3.92. The lowest BCUT2D eigenvalue weighted by Crippen LogP contribution is -2.52. The van der Waals surface area contributed by atoms with E-state index in [2.05, 4.69) is 5.32 Å². The van der Waals surface area contributed by atoms with Crippen LogP contribution < -0.4 is 14.4 Å². The fourth-order valence-electron chi connectivity index (χ4n) is 3.67. The number of benzene rings is 2. The van der Waals surface area contributed by atoms with Crippen molar-refractivity contribution < 1.29 is 22.7 Å².